The number of fused-ring (bicyclic) bond motifs is 1. The molecule has 1 aliphatic heterocycles. The van der Waals surface area contributed by atoms with Crippen molar-refractivity contribution in [2.75, 3.05) is 14.1 Å². The van der Waals surface area contributed by atoms with Crippen LogP contribution in [0.4, 0.5) is 0 Å². The first kappa shape index (κ1) is 16.7. The molecule has 2 aromatic rings. The van der Waals surface area contributed by atoms with Gasteiger partial charge >= 0.3 is 0 Å². The summed E-state index contributed by atoms with van der Waals surface area (Å²) in [6.07, 6.45) is 1.73. The summed E-state index contributed by atoms with van der Waals surface area (Å²) in [6, 6.07) is 9.26. The maximum atomic E-state index is 12.7. The van der Waals surface area contributed by atoms with Crippen LogP contribution in [-0.4, -0.2) is 29.9 Å². The van der Waals surface area contributed by atoms with Crippen LogP contribution in [-0.2, 0) is 6.54 Å². The molecule has 5 heteroatoms. The third kappa shape index (κ3) is 3.09. The van der Waals surface area contributed by atoms with Gasteiger partial charge in [-0.25, -0.2) is 0 Å². The van der Waals surface area contributed by atoms with Crippen molar-refractivity contribution >= 4 is 27.8 Å². The summed E-state index contributed by atoms with van der Waals surface area (Å²) in [4.78, 5) is 14.7. The second kappa shape index (κ2) is 6.42. The number of nitrogens with zero attached hydrogens (tertiary/aromatic N) is 1. The Morgan fingerprint density at radius 3 is 2.54 bits per heavy atom. The summed E-state index contributed by atoms with van der Waals surface area (Å²) >= 11 is 3.39. The molecule has 3 rings (SSSR count). The lowest BCUT2D eigenvalue weighted by Crippen LogP contribution is -2.12. The largest absolute Gasteiger partial charge is 0.507 e. The highest BCUT2D eigenvalue weighted by molar-refractivity contribution is 9.10. The number of phenols is 1. The summed E-state index contributed by atoms with van der Waals surface area (Å²) in [6.45, 7) is 2.30. The Labute approximate surface area is 149 Å². The molecule has 0 aliphatic carbocycles. The van der Waals surface area contributed by atoms with Crippen LogP contribution < -0.4 is 4.74 Å². The van der Waals surface area contributed by atoms with E-state index in [2.05, 4.69) is 15.9 Å². The molecule has 0 fully saturated rings. The highest BCUT2D eigenvalue weighted by Gasteiger charge is 2.33. The zero-order valence-electron chi connectivity index (χ0n) is 13.8. The molecule has 0 unspecified atom stereocenters. The van der Waals surface area contributed by atoms with E-state index in [1.165, 1.54) is 0 Å². The first-order chi connectivity index (χ1) is 11.4. The number of carbonyl (C=O) groups excluding carboxylic acids is 1. The molecular formula is C19H18BrNO3. The molecule has 4 nitrogen and oxygen atoms in total. The van der Waals surface area contributed by atoms with Gasteiger partial charge in [0.1, 0.15) is 11.5 Å². The Morgan fingerprint density at radius 2 is 1.92 bits per heavy atom. The third-order valence-electron chi connectivity index (χ3n) is 3.86. The molecule has 0 aromatic heterocycles. The summed E-state index contributed by atoms with van der Waals surface area (Å²) in [5, 5.41) is 10.3. The van der Waals surface area contributed by atoms with Gasteiger partial charge in [-0.2, -0.15) is 0 Å². The molecule has 2 aromatic carbocycles. The van der Waals surface area contributed by atoms with Crippen LogP contribution in [0.5, 0.6) is 11.5 Å². The number of rotatable bonds is 3. The van der Waals surface area contributed by atoms with Crippen LogP contribution in [0.3, 0.4) is 0 Å². The third-order valence-corrected chi connectivity index (χ3v) is 4.39. The number of aromatic hydroxyl groups is 1. The van der Waals surface area contributed by atoms with Gasteiger partial charge in [-0.05, 0) is 56.4 Å². The van der Waals surface area contributed by atoms with Crippen molar-refractivity contribution in [2.24, 2.45) is 0 Å². The van der Waals surface area contributed by atoms with Crippen LogP contribution in [0.1, 0.15) is 27.0 Å². The second-order valence-corrected chi connectivity index (χ2v) is 7.04. The average Bonchev–Trinajstić information content (AvgIpc) is 2.83. The molecule has 0 spiro atoms. The van der Waals surface area contributed by atoms with E-state index in [1.807, 2.05) is 50.2 Å². The van der Waals surface area contributed by atoms with Crippen molar-refractivity contribution in [3.8, 4) is 11.5 Å². The predicted molar refractivity (Wildman–Crippen MR) is 97.3 cm³/mol. The van der Waals surface area contributed by atoms with Crippen molar-refractivity contribution in [3.63, 3.8) is 0 Å². The fraction of sp³-hybridized carbons (Fsp3) is 0.211. The number of phenolic OH excluding ortho intramolecular Hbond substituents is 1. The molecule has 1 N–H and O–H groups in total. The monoisotopic (exact) mass is 387 g/mol. The van der Waals surface area contributed by atoms with Crippen molar-refractivity contribution in [1.29, 1.82) is 0 Å². The Balaban J connectivity index is 2.06. The van der Waals surface area contributed by atoms with Crippen LogP contribution in [0.2, 0.25) is 0 Å². The molecule has 0 bridgehead atoms. The molecule has 0 saturated carbocycles. The van der Waals surface area contributed by atoms with E-state index in [1.54, 1.807) is 12.1 Å². The van der Waals surface area contributed by atoms with Crippen LogP contribution in [0, 0.1) is 6.92 Å². The average molecular weight is 388 g/mol. The molecule has 124 valence electrons. The lowest BCUT2D eigenvalue weighted by molar-refractivity contribution is 0.101. The minimum Gasteiger partial charge on any atom is -0.507 e. The van der Waals surface area contributed by atoms with Gasteiger partial charge in [0.15, 0.2) is 5.76 Å². The van der Waals surface area contributed by atoms with Crippen LogP contribution in [0.15, 0.2) is 40.6 Å². The van der Waals surface area contributed by atoms with E-state index in [9.17, 15) is 9.90 Å². The zero-order chi connectivity index (χ0) is 17.4. The van der Waals surface area contributed by atoms with E-state index in [0.29, 0.717) is 29.0 Å². The lowest BCUT2D eigenvalue weighted by Gasteiger charge is -2.15. The summed E-state index contributed by atoms with van der Waals surface area (Å²) in [5.74, 6) is 0.749. The van der Waals surface area contributed by atoms with Gasteiger partial charge in [0, 0.05) is 11.0 Å². The maximum Gasteiger partial charge on any atom is 0.232 e. The normalized spacial score (nSPS) is 15.0. The Morgan fingerprint density at radius 1 is 1.25 bits per heavy atom. The number of halogens is 1. The van der Waals surface area contributed by atoms with E-state index in [0.717, 1.165) is 10.0 Å². The Hall–Kier alpha value is -2.11. The van der Waals surface area contributed by atoms with Crippen molar-refractivity contribution in [3.05, 3.63) is 62.8 Å². The van der Waals surface area contributed by atoms with Crippen LogP contribution in [0.25, 0.3) is 6.08 Å². The molecule has 0 radical (unpaired) electrons. The molecule has 1 heterocycles. The number of hydrogen-bond acceptors (Lipinski definition) is 4. The van der Waals surface area contributed by atoms with Gasteiger partial charge in [-0.15, -0.1) is 0 Å². The molecule has 24 heavy (non-hydrogen) atoms. The number of benzene rings is 2. The lowest BCUT2D eigenvalue weighted by atomic mass is 9.99. The van der Waals surface area contributed by atoms with Crippen LogP contribution >= 0.6 is 15.9 Å². The molecule has 0 saturated heterocycles. The van der Waals surface area contributed by atoms with Gasteiger partial charge < -0.3 is 14.7 Å². The van der Waals surface area contributed by atoms with E-state index in [-0.39, 0.29) is 17.3 Å². The highest BCUT2D eigenvalue weighted by Crippen LogP contribution is 2.42. The van der Waals surface area contributed by atoms with E-state index >= 15 is 0 Å². The van der Waals surface area contributed by atoms with Gasteiger partial charge in [0.2, 0.25) is 5.78 Å². The van der Waals surface area contributed by atoms with Gasteiger partial charge in [-0.3, -0.25) is 4.79 Å². The van der Waals surface area contributed by atoms with E-state index in [4.69, 9.17) is 4.74 Å². The topological polar surface area (TPSA) is 49.8 Å². The van der Waals surface area contributed by atoms with Crippen molar-refractivity contribution in [1.82, 2.24) is 4.90 Å². The number of carbonyl (C=O) groups is 1. The highest BCUT2D eigenvalue weighted by atomic mass is 79.9. The molecule has 0 amide bonds. The number of allylic oxidation sites excluding steroid dienone is 1. The van der Waals surface area contributed by atoms with E-state index < -0.39 is 0 Å². The summed E-state index contributed by atoms with van der Waals surface area (Å²) in [7, 11) is 3.81. The van der Waals surface area contributed by atoms with Gasteiger partial charge in [0.05, 0.1) is 11.1 Å². The molecular weight excluding hydrogens is 370 g/mol. The second-order valence-electron chi connectivity index (χ2n) is 6.12. The first-order valence-electron chi connectivity index (χ1n) is 7.57. The number of Topliss-reactive ketones (excluding diaryl/α,β-unsaturated/α-hetero) is 1. The fourth-order valence-electron chi connectivity index (χ4n) is 2.76. The Bertz CT molecular complexity index is 839. The number of hydrogen-bond donors (Lipinski definition) is 1. The molecule has 1 aliphatic rings. The van der Waals surface area contributed by atoms with Crippen molar-refractivity contribution < 1.29 is 14.6 Å². The minimum absolute atomic E-state index is 0.148. The van der Waals surface area contributed by atoms with Gasteiger partial charge in [0.25, 0.3) is 0 Å². The first-order valence-corrected chi connectivity index (χ1v) is 8.36. The minimum atomic E-state index is -0.148. The standard InChI is InChI=1S/C19H18BrNO3/c1-11-8-15(22)14(10-21(2)3)19-17(11)18(23)16(24-19)9-12-4-6-13(20)7-5-12/h4-9,22H,10H2,1-3H3/b16-9-. The fourth-order valence-corrected chi connectivity index (χ4v) is 3.02. The predicted octanol–water partition coefficient (Wildman–Crippen LogP) is 4.14. The summed E-state index contributed by atoms with van der Waals surface area (Å²) < 4.78 is 6.83. The van der Waals surface area contributed by atoms with Gasteiger partial charge in [-0.1, -0.05) is 28.1 Å². The maximum absolute atomic E-state index is 12.7. The quantitative estimate of drug-likeness (QED) is 0.803. The number of aryl methyl sites for hydroxylation is 1. The number of ketones is 1. The Kier molecular flexibility index (Phi) is 4.47. The smallest absolute Gasteiger partial charge is 0.232 e. The SMILES string of the molecule is Cc1cc(O)c(CN(C)C)c2c1C(=O)/C(=C/c1ccc(Br)cc1)O2. The summed E-state index contributed by atoms with van der Waals surface area (Å²) in [5.41, 5.74) is 2.76. The molecule has 0 atom stereocenters. The number of ether oxygens (including phenoxy) is 1. The zero-order valence-corrected chi connectivity index (χ0v) is 15.3. The van der Waals surface area contributed by atoms with Crippen molar-refractivity contribution in [2.45, 2.75) is 13.5 Å².